The van der Waals surface area contributed by atoms with Gasteiger partial charge in [0.1, 0.15) is 11.2 Å². The maximum absolute atomic E-state index is 6.30. The predicted molar refractivity (Wildman–Crippen MR) is 252 cm³/mol. The molecule has 0 amide bonds. The van der Waals surface area contributed by atoms with Gasteiger partial charge in [-0.25, -0.2) is 0 Å². The number of rotatable bonds is 9. The van der Waals surface area contributed by atoms with E-state index >= 15 is 0 Å². The average molecular weight is 760 g/mol. The third-order valence-corrected chi connectivity index (χ3v) is 12.0. The maximum Gasteiger partial charge on any atom is 0.142 e. The van der Waals surface area contributed by atoms with Crippen molar-refractivity contribution in [3.63, 3.8) is 0 Å². The summed E-state index contributed by atoms with van der Waals surface area (Å²) in [6.07, 6.45) is 23.1. The molecule has 0 radical (unpaired) electrons. The van der Waals surface area contributed by atoms with Gasteiger partial charge in [-0.3, -0.25) is 0 Å². The predicted octanol–water partition coefficient (Wildman–Crippen LogP) is 15.8. The highest BCUT2D eigenvalue weighted by Gasteiger charge is 2.36. The Hall–Kier alpha value is -7.16. The van der Waals surface area contributed by atoms with Crippen LogP contribution in [0.3, 0.4) is 0 Å². The molecule has 1 heterocycles. The number of allylic oxidation sites excluding steroid dienone is 5. The number of furan rings is 1. The van der Waals surface area contributed by atoms with Crippen molar-refractivity contribution in [1.82, 2.24) is 0 Å². The molecular formula is C57H45NO. The number of benzene rings is 7. The summed E-state index contributed by atoms with van der Waals surface area (Å²) < 4.78 is 6.30. The van der Waals surface area contributed by atoms with Crippen molar-refractivity contribution < 1.29 is 4.42 Å². The number of fused-ring (bicyclic) bond motifs is 6. The summed E-state index contributed by atoms with van der Waals surface area (Å²) in [6, 6.07) is 56.9. The zero-order valence-electron chi connectivity index (χ0n) is 33.4. The molecule has 2 nitrogen and oxygen atoms in total. The smallest absolute Gasteiger partial charge is 0.142 e. The van der Waals surface area contributed by atoms with Crippen LogP contribution in [0.2, 0.25) is 0 Å². The highest BCUT2D eigenvalue weighted by atomic mass is 16.3. The monoisotopic (exact) mass is 759 g/mol. The third kappa shape index (κ3) is 7.08. The van der Waals surface area contributed by atoms with Gasteiger partial charge in [0.25, 0.3) is 0 Å². The fourth-order valence-electron chi connectivity index (χ4n) is 8.72. The van der Waals surface area contributed by atoms with Crippen LogP contribution in [-0.4, -0.2) is 0 Å². The number of para-hydroxylation sites is 2. The van der Waals surface area contributed by atoms with E-state index < -0.39 is 0 Å². The fourth-order valence-corrected chi connectivity index (χ4v) is 8.72. The zero-order chi connectivity index (χ0) is 39.8. The van der Waals surface area contributed by atoms with Gasteiger partial charge in [0, 0.05) is 38.8 Å². The van der Waals surface area contributed by atoms with Crippen LogP contribution in [0.1, 0.15) is 59.2 Å². The normalized spacial score (nSPS) is 15.5. The first-order valence-electron chi connectivity index (χ1n) is 20.6. The molecule has 1 atom stereocenters. The van der Waals surface area contributed by atoms with Crippen LogP contribution in [0.5, 0.6) is 0 Å². The molecule has 8 aromatic rings. The molecule has 7 aromatic carbocycles. The molecule has 2 aliphatic carbocycles. The average Bonchev–Trinajstić information content (AvgIpc) is 3.78. The second-order valence-corrected chi connectivity index (χ2v) is 16.1. The van der Waals surface area contributed by atoms with E-state index in [1.807, 2.05) is 12.1 Å². The van der Waals surface area contributed by atoms with Crippen LogP contribution in [0, 0.1) is 5.92 Å². The van der Waals surface area contributed by atoms with Crippen LogP contribution in [0.25, 0.3) is 63.4 Å². The van der Waals surface area contributed by atoms with Gasteiger partial charge < -0.3 is 9.32 Å². The Labute approximate surface area is 347 Å². The van der Waals surface area contributed by atoms with E-state index in [1.165, 1.54) is 38.9 Å². The topological polar surface area (TPSA) is 16.4 Å². The fraction of sp³-hybridized carbons (Fsp3) is 0.0877. The van der Waals surface area contributed by atoms with Crippen molar-refractivity contribution in [2.45, 2.75) is 25.7 Å². The van der Waals surface area contributed by atoms with Crippen LogP contribution in [-0.2, 0) is 5.41 Å². The van der Waals surface area contributed by atoms with Gasteiger partial charge in [-0.1, -0.05) is 190 Å². The van der Waals surface area contributed by atoms with Crippen molar-refractivity contribution in [3.8, 4) is 11.1 Å². The minimum Gasteiger partial charge on any atom is -0.455 e. The van der Waals surface area contributed by atoms with Gasteiger partial charge in [-0.2, -0.15) is 0 Å². The zero-order valence-corrected chi connectivity index (χ0v) is 33.4. The molecule has 1 aromatic heterocycles. The summed E-state index contributed by atoms with van der Waals surface area (Å²) >= 11 is 0. The van der Waals surface area contributed by atoms with Crippen LogP contribution < -0.4 is 4.90 Å². The van der Waals surface area contributed by atoms with E-state index in [4.69, 9.17) is 4.42 Å². The minimum atomic E-state index is -0.169. The molecule has 59 heavy (non-hydrogen) atoms. The number of nitrogens with zero attached hydrogens (tertiary/aromatic N) is 1. The van der Waals surface area contributed by atoms with E-state index in [2.05, 4.69) is 225 Å². The SMILES string of the molecule is CC1(C)c2cc(/C=C/c3ccccc3)ccc2-c2ccc(N(c3ccc(/C=C/c4cccc5c4oc4ccccc45)cc3)c3ccc(/C=C/C4C=CC=CC4)cc3)cc21. The Kier molecular flexibility index (Phi) is 9.39. The summed E-state index contributed by atoms with van der Waals surface area (Å²) in [5.41, 5.74) is 16.1. The Balaban J connectivity index is 0.984. The molecule has 10 rings (SSSR count). The van der Waals surface area contributed by atoms with Crippen molar-refractivity contribution in [1.29, 1.82) is 0 Å². The van der Waals surface area contributed by atoms with Crippen molar-refractivity contribution in [2.24, 2.45) is 5.92 Å². The molecular weight excluding hydrogens is 715 g/mol. The maximum atomic E-state index is 6.30. The lowest BCUT2D eigenvalue weighted by atomic mass is 9.81. The van der Waals surface area contributed by atoms with Crippen LogP contribution in [0.15, 0.2) is 193 Å². The first-order valence-corrected chi connectivity index (χ1v) is 20.6. The molecule has 0 aliphatic heterocycles. The van der Waals surface area contributed by atoms with Crippen molar-refractivity contribution in [3.05, 3.63) is 227 Å². The van der Waals surface area contributed by atoms with Gasteiger partial charge in [0.15, 0.2) is 0 Å². The molecule has 2 heteroatoms. The Morgan fingerprint density at radius 3 is 1.90 bits per heavy atom. The molecule has 2 aliphatic rings. The van der Waals surface area contributed by atoms with Gasteiger partial charge in [0.2, 0.25) is 0 Å². The number of hydrogen-bond donors (Lipinski definition) is 0. The Morgan fingerprint density at radius 1 is 0.525 bits per heavy atom. The molecule has 284 valence electrons. The molecule has 0 saturated carbocycles. The summed E-state index contributed by atoms with van der Waals surface area (Å²) in [4.78, 5) is 2.39. The summed E-state index contributed by atoms with van der Waals surface area (Å²) in [7, 11) is 0. The standard InChI is InChI=1S/C57H45NO/c1-57(2)53-38-44(23-22-41-14-7-4-8-15-41)29-36-49(53)50-37-35-48(39-54(50)57)58(46-31-25-42(26-32-46)21-20-40-12-5-3-6-13-40)47-33-27-43(28-34-47)24-30-45-16-11-18-52-51-17-9-10-19-55(51)59-56(45)52/h3-12,14-40H,13H2,1-2H3/b21-20+,23-22+,30-24+. The summed E-state index contributed by atoms with van der Waals surface area (Å²) in [5, 5.41) is 2.28. The number of anilines is 3. The van der Waals surface area contributed by atoms with Gasteiger partial charge >= 0.3 is 0 Å². The van der Waals surface area contributed by atoms with E-state index in [9.17, 15) is 0 Å². The Morgan fingerprint density at radius 2 is 1.14 bits per heavy atom. The minimum absolute atomic E-state index is 0.169. The molecule has 1 unspecified atom stereocenters. The summed E-state index contributed by atoms with van der Waals surface area (Å²) in [5.74, 6) is 0.435. The van der Waals surface area contributed by atoms with Gasteiger partial charge in [-0.15, -0.1) is 0 Å². The highest BCUT2D eigenvalue weighted by molar-refractivity contribution is 6.07. The highest BCUT2D eigenvalue weighted by Crippen LogP contribution is 2.51. The second kappa shape index (κ2) is 15.3. The lowest BCUT2D eigenvalue weighted by Gasteiger charge is -2.28. The van der Waals surface area contributed by atoms with Crippen LogP contribution in [0.4, 0.5) is 17.1 Å². The quantitative estimate of drug-likeness (QED) is 0.136. The lowest BCUT2D eigenvalue weighted by Crippen LogP contribution is -2.16. The second-order valence-electron chi connectivity index (χ2n) is 16.1. The summed E-state index contributed by atoms with van der Waals surface area (Å²) in [6.45, 7) is 4.73. The molecule has 0 fully saturated rings. The van der Waals surface area contributed by atoms with Crippen LogP contribution >= 0.6 is 0 Å². The Bertz CT molecular complexity index is 2970. The van der Waals surface area contributed by atoms with Gasteiger partial charge in [-0.05, 0) is 99.3 Å². The number of hydrogen-bond acceptors (Lipinski definition) is 2. The lowest BCUT2D eigenvalue weighted by molar-refractivity contribution is 0.660. The molecule has 0 bridgehead atoms. The van der Waals surface area contributed by atoms with E-state index in [1.54, 1.807) is 0 Å². The molecule has 0 saturated heterocycles. The van der Waals surface area contributed by atoms with Crippen molar-refractivity contribution >= 4 is 69.4 Å². The largest absolute Gasteiger partial charge is 0.455 e. The third-order valence-electron chi connectivity index (χ3n) is 12.0. The first kappa shape index (κ1) is 36.2. The van der Waals surface area contributed by atoms with E-state index in [0.717, 1.165) is 56.5 Å². The van der Waals surface area contributed by atoms with Gasteiger partial charge in [0.05, 0.1) is 0 Å². The van der Waals surface area contributed by atoms with E-state index in [0.29, 0.717) is 5.92 Å². The van der Waals surface area contributed by atoms with Crippen molar-refractivity contribution in [2.75, 3.05) is 4.90 Å². The molecule has 0 N–H and O–H groups in total. The first-order chi connectivity index (χ1) is 29.0. The van der Waals surface area contributed by atoms with E-state index in [-0.39, 0.29) is 5.41 Å². The molecule has 0 spiro atoms.